The van der Waals surface area contributed by atoms with Crippen molar-refractivity contribution >= 4 is 26.3 Å². The molecule has 0 spiro atoms. The van der Waals surface area contributed by atoms with Crippen LogP contribution in [0.3, 0.4) is 0 Å². The quantitative estimate of drug-likeness (QED) is 0.877. The van der Waals surface area contributed by atoms with Gasteiger partial charge in [0.1, 0.15) is 0 Å². The van der Waals surface area contributed by atoms with Gasteiger partial charge in [-0.3, -0.25) is 0 Å². The van der Waals surface area contributed by atoms with Crippen molar-refractivity contribution in [3.8, 4) is 0 Å². The summed E-state index contributed by atoms with van der Waals surface area (Å²) in [5.41, 5.74) is 4.61. The molecule has 0 aliphatic rings. The molecule has 20 heavy (non-hydrogen) atoms. The van der Waals surface area contributed by atoms with Crippen LogP contribution in [-0.4, -0.2) is 39.6 Å². The van der Waals surface area contributed by atoms with Crippen LogP contribution in [0.15, 0.2) is 41.3 Å². The Hall–Kier alpha value is -1.63. The lowest BCUT2D eigenvalue weighted by Crippen LogP contribution is -2.29. The summed E-state index contributed by atoms with van der Waals surface area (Å²) in [5, 5.41) is 11.1. The van der Waals surface area contributed by atoms with Crippen LogP contribution in [0.25, 0.3) is 10.8 Å². The van der Waals surface area contributed by atoms with Gasteiger partial charge in [-0.15, -0.1) is 0 Å². The van der Waals surface area contributed by atoms with E-state index in [0.29, 0.717) is 5.39 Å². The van der Waals surface area contributed by atoms with E-state index in [4.69, 9.17) is 5.73 Å². The zero-order valence-corrected chi connectivity index (χ0v) is 12.3. The number of nitrogens with two attached hydrogens (primary N) is 1. The van der Waals surface area contributed by atoms with Gasteiger partial charge in [0.05, 0.1) is 4.90 Å². The third-order valence-corrected chi connectivity index (χ3v) is 5.09. The fourth-order valence-corrected chi connectivity index (χ4v) is 3.48. The highest BCUT2D eigenvalue weighted by Crippen LogP contribution is 2.31. The largest absolute Gasteiger partial charge is 0.377 e. The minimum absolute atomic E-state index is 0.108. The molecule has 0 aliphatic carbocycles. The van der Waals surface area contributed by atoms with Crippen LogP contribution in [0.2, 0.25) is 0 Å². The number of aliphatic hydroxyl groups is 1. The number of anilines is 1. The minimum atomic E-state index is -3.85. The van der Waals surface area contributed by atoms with E-state index < -0.39 is 15.3 Å². The fourth-order valence-electron chi connectivity index (χ4n) is 2.18. The maximum Gasteiger partial charge on any atom is 0.206 e. The van der Waals surface area contributed by atoms with E-state index in [1.807, 2.05) is 31.1 Å². The number of sulfone groups is 1. The summed E-state index contributed by atoms with van der Waals surface area (Å²) >= 11 is 0. The first-order valence-electron chi connectivity index (χ1n) is 6.20. The number of aliphatic hydroxyl groups excluding tert-OH is 1. The number of hydrogen-bond donors (Lipinski definition) is 2. The molecule has 0 saturated carbocycles. The number of rotatable bonds is 4. The van der Waals surface area contributed by atoms with Crippen molar-refractivity contribution in [3.63, 3.8) is 0 Å². The van der Waals surface area contributed by atoms with Gasteiger partial charge in [0, 0.05) is 37.1 Å². The molecule has 0 radical (unpaired) electrons. The average Bonchev–Trinajstić information content (AvgIpc) is 2.44. The van der Waals surface area contributed by atoms with Crippen LogP contribution < -0.4 is 10.6 Å². The molecule has 0 aromatic heterocycles. The molecule has 1 unspecified atom stereocenters. The topological polar surface area (TPSA) is 83.6 Å². The number of fused-ring (bicyclic) bond motifs is 1. The summed E-state index contributed by atoms with van der Waals surface area (Å²) in [4.78, 5) is 2.02. The lowest BCUT2D eigenvalue weighted by molar-refractivity contribution is 0.256. The molecule has 2 aromatic rings. The van der Waals surface area contributed by atoms with Gasteiger partial charge >= 0.3 is 0 Å². The predicted molar refractivity (Wildman–Crippen MR) is 80.5 cm³/mol. The standard InChI is InChI=1S/C14H18N2O3S/c1-16(2)12-7-3-6-11-10(12)5-4-8-13(11)20(18,19)14(17)9-15/h3-8,14,17H,9,15H2,1-2H3. The zero-order valence-electron chi connectivity index (χ0n) is 11.4. The third-order valence-electron chi connectivity index (χ3n) is 3.21. The molecule has 108 valence electrons. The summed E-state index contributed by atoms with van der Waals surface area (Å²) in [6.45, 7) is -0.327. The van der Waals surface area contributed by atoms with E-state index in [9.17, 15) is 13.5 Å². The Morgan fingerprint density at radius 2 is 1.75 bits per heavy atom. The lowest BCUT2D eigenvalue weighted by Gasteiger charge is -2.17. The van der Waals surface area contributed by atoms with Gasteiger partial charge in [-0.1, -0.05) is 24.3 Å². The van der Waals surface area contributed by atoms with E-state index >= 15 is 0 Å². The van der Waals surface area contributed by atoms with Gasteiger partial charge in [0.2, 0.25) is 9.84 Å². The van der Waals surface area contributed by atoms with Crippen molar-refractivity contribution in [1.82, 2.24) is 0 Å². The molecule has 0 heterocycles. The van der Waals surface area contributed by atoms with Crippen molar-refractivity contribution < 1.29 is 13.5 Å². The van der Waals surface area contributed by atoms with Crippen LogP contribution in [0.4, 0.5) is 5.69 Å². The van der Waals surface area contributed by atoms with E-state index in [1.165, 1.54) is 6.07 Å². The Balaban J connectivity index is 2.77. The van der Waals surface area contributed by atoms with E-state index in [2.05, 4.69) is 0 Å². The molecular formula is C14H18N2O3S. The number of nitrogens with zero attached hydrogens (tertiary/aromatic N) is 1. The lowest BCUT2D eigenvalue weighted by atomic mass is 10.1. The summed E-state index contributed by atoms with van der Waals surface area (Å²) in [6, 6.07) is 10.5. The molecule has 5 nitrogen and oxygen atoms in total. The Kier molecular flexibility index (Phi) is 3.99. The molecule has 0 fully saturated rings. The highest BCUT2D eigenvalue weighted by Gasteiger charge is 2.26. The Morgan fingerprint density at radius 3 is 2.35 bits per heavy atom. The summed E-state index contributed by atoms with van der Waals surface area (Å²) in [6.07, 6.45) is 0. The Morgan fingerprint density at radius 1 is 1.15 bits per heavy atom. The van der Waals surface area contributed by atoms with Gasteiger partial charge in [0.15, 0.2) is 5.44 Å². The van der Waals surface area contributed by atoms with Crippen molar-refractivity contribution in [3.05, 3.63) is 36.4 Å². The van der Waals surface area contributed by atoms with E-state index in [0.717, 1.165) is 11.1 Å². The smallest absolute Gasteiger partial charge is 0.206 e. The van der Waals surface area contributed by atoms with Gasteiger partial charge in [-0.2, -0.15) is 0 Å². The zero-order chi connectivity index (χ0) is 14.9. The second-order valence-corrected chi connectivity index (χ2v) is 6.83. The van der Waals surface area contributed by atoms with Crippen molar-refractivity contribution in [2.75, 3.05) is 25.5 Å². The molecule has 0 aliphatic heterocycles. The highest BCUT2D eigenvalue weighted by molar-refractivity contribution is 7.92. The molecule has 2 aromatic carbocycles. The van der Waals surface area contributed by atoms with Gasteiger partial charge in [-0.25, -0.2) is 8.42 Å². The summed E-state index contributed by atoms with van der Waals surface area (Å²) in [5.74, 6) is 0. The fraction of sp³-hybridized carbons (Fsp3) is 0.286. The maximum atomic E-state index is 12.3. The second kappa shape index (κ2) is 5.40. The first kappa shape index (κ1) is 14.8. The van der Waals surface area contributed by atoms with Crippen molar-refractivity contribution in [2.24, 2.45) is 5.73 Å². The Labute approximate surface area is 118 Å². The molecule has 0 amide bonds. The maximum absolute atomic E-state index is 12.3. The van der Waals surface area contributed by atoms with Crippen LogP contribution in [0.5, 0.6) is 0 Å². The van der Waals surface area contributed by atoms with Gasteiger partial charge < -0.3 is 15.7 Å². The normalized spacial score (nSPS) is 13.4. The molecule has 1 atom stereocenters. The van der Waals surface area contributed by atoms with E-state index in [1.54, 1.807) is 18.2 Å². The molecule has 3 N–H and O–H groups in total. The second-order valence-electron chi connectivity index (χ2n) is 4.76. The van der Waals surface area contributed by atoms with Gasteiger partial charge in [0.25, 0.3) is 0 Å². The third kappa shape index (κ3) is 2.37. The predicted octanol–water partition coefficient (Wildman–Crippen LogP) is 0.957. The van der Waals surface area contributed by atoms with Crippen LogP contribution in [0, 0.1) is 0 Å². The average molecular weight is 294 g/mol. The molecular weight excluding hydrogens is 276 g/mol. The van der Waals surface area contributed by atoms with Crippen LogP contribution in [-0.2, 0) is 9.84 Å². The van der Waals surface area contributed by atoms with Crippen LogP contribution in [0.1, 0.15) is 0 Å². The van der Waals surface area contributed by atoms with Crippen LogP contribution >= 0.6 is 0 Å². The van der Waals surface area contributed by atoms with Gasteiger partial charge in [-0.05, 0) is 12.1 Å². The minimum Gasteiger partial charge on any atom is -0.377 e. The molecule has 0 saturated heterocycles. The summed E-state index contributed by atoms with van der Waals surface area (Å²) in [7, 11) is -0.0590. The monoisotopic (exact) mass is 294 g/mol. The molecule has 2 rings (SSSR count). The van der Waals surface area contributed by atoms with E-state index in [-0.39, 0.29) is 11.4 Å². The number of hydrogen-bond acceptors (Lipinski definition) is 5. The summed E-state index contributed by atoms with van der Waals surface area (Å²) < 4.78 is 24.6. The SMILES string of the molecule is CN(C)c1cccc2c(S(=O)(=O)C(O)CN)cccc12. The Bertz CT molecular complexity index is 726. The molecule has 6 heteroatoms. The van der Waals surface area contributed by atoms with Crippen molar-refractivity contribution in [2.45, 2.75) is 10.3 Å². The first-order valence-corrected chi connectivity index (χ1v) is 7.75. The first-order chi connectivity index (χ1) is 9.39. The van der Waals surface area contributed by atoms with Crippen molar-refractivity contribution in [1.29, 1.82) is 0 Å². The number of benzene rings is 2. The highest BCUT2D eigenvalue weighted by atomic mass is 32.2. The molecule has 0 bridgehead atoms.